The summed E-state index contributed by atoms with van der Waals surface area (Å²) < 4.78 is 15.2. The fraction of sp³-hybridized carbons (Fsp3) is 0.625. The lowest BCUT2D eigenvalue weighted by atomic mass is 10.00. The van der Waals surface area contributed by atoms with Crippen molar-refractivity contribution in [3.05, 3.63) is 24.3 Å². The zero-order valence-electron chi connectivity index (χ0n) is 12.2. The van der Waals surface area contributed by atoms with Crippen LogP contribution in [0, 0.1) is 11.8 Å². The normalized spacial score (nSPS) is 21.9. The summed E-state index contributed by atoms with van der Waals surface area (Å²) in [5, 5.41) is 0. The fourth-order valence-electron chi connectivity index (χ4n) is 2.41. The minimum absolute atomic E-state index is 0.333. The number of hydrogen-bond donors (Lipinski definition) is 0. The number of ether oxygens (including phenoxy) is 3. The second-order valence-electron chi connectivity index (χ2n) is 5.36. The Bertz CT molecular complexity index is 363. The molecule has 0 aliphatic carbocycles. The number of rotatable bonds is 4. The molecule has 0 spiro atoms. The van der Waals surface area contributed by atoms with E-state index in [-0.39, 0.29) is 0 Å². The molecule has 0 bridgehead atoms. The Morgan fingerprint density at radius 3 is 1.52 bits per heavy atom. The zero-order chi connectivity index (χ0) is 14.9. The van der Waals surface area contributed by atoms with E-state index >= 15 is 0 Å². The van der Waals surface area contributed by atoms with Crippen molar-refractivity contribution in [3.8, 4) is 0 Å². The van der Waals surface area contributed by atoms with Gasteiger partial charge in [-0.25, -0.2) is 9.59 Å². The van der Waals surface area contributed by atoms with Crippen LogP contribution in [-0.4, -0.2) is 38.4 Å². The molecule has 2 aliphatic rings. The molecular weight excluding hydrogens is 272 g/mol. The van der Waals surface area contributed by atoms with Crippen LogP contribution in [0.3, 0.4) is 0 Å². The van der Waals surface area contributed by atoms with E-state index in [0.29, 0.717) is 11.8 Å². The van der Waals surface area contributed by atoms with Gasteiger partial charge in [-0.2, -0.15) is 0 Å². The van der Waals surface area contributed by atoms with Gasteiger partial charge in [-0.05, 0) is 37.5 Å². The van der Waals surface area contributed by atoms with Crippen LogP contribution < -0.4 is 0 Å². The summed E-state index contributed by atoms with van der Waals surface area (Å²) in [4.78, 5) is 23.1. The fourth-order valence-corrected chi connectivity index (χ4v) is 2.41. The first-order valence-electron chi connectivity index (χ1n) is 7.51. The summed E-state index contributed by atoms with van der Waals surface area (Å²) in [7, 11) is 0. The third kappa shape index (κ3) is 6.23. The highest BCUT2D eigenvalue weighted by Gasteiger charge is 2.13. The third-order valence-corrected chi connectivity index (χ3v) is 3.74. The molecule has 5 nitrogen and oxygen atoms in total. The van der Waals surface area contributed by atoms with Gasteiger partial charge in [-0.1, -0.05) is 12.2 Å². The van der Waals surface area contributed by atoms with Gasteiger partial charge >= 0.3 is 11.9 Å². The Kier molecular flexibility index (Phi) is 6.63. The predicted molar refractivity (Wildman–Crippen MR) is 76.5 cm³/mol. The largest absolute Gasteiger partial charge is 0.387 e. The van der Waals surface area contributed by atoms with Crippen molar-refractivity contribution < 1.29 is 23.8 Å². The molecule has 2 aliphatic heterocycles. The Hall–Kier alpha value is -1.46. The average Bonchev–Trinajstić information content (AvgIpc) is 2.53. The summed E-state index contributed by atoms with van der Waals surface area (Å²) in [6.45, 7) is 2.88. The van der Waals surface area contributed by atoms with Gasteiger partial charge in [-0.3, -0.25) is 0 Å². The molecule has 0 saturated carbocycles. The van der Waals surface area contributed by atoms with Gasteiger partial charge in [0.15, 0.2) is 0 Å². The van der Waals surface area contributed by atoms with E-state index in [1.165, 1.54) is 12.2 Å². The van der Waals surface area contributed by atoms with Gasteiger partial charge in [0.25, 0.3) is 0 Å². The van der Waals surface area contributed by atoms with Crippen molar-refractivity contribution in [1.82, 2.24) is 0 Å². The Labute approximate surface area is 124 Å². The molecule has 21 heavy (non-hydrogen) atoms. The summed E-state index contributed by atoms with van der Waals surface area (Å²) in [5.41, 5.74) is 0. The molecule has 116 valence electrons. The van der Waals surface area contributed by atoms with Crippen LogP contribution in [-0.2, 0) is 23.8 Å². The molecule has 0 N–H and O–H groups in total. The summed E-state index contributed by atoms with van der Waals surface area (Å²) >= 11 is 0. The van der Waals surface area contributed by atoms with E-state index in [0.717, 1.165) is 52.1 Å². The van der Waals surface area contributed by atoms with E-state index in [4.69, 9.17) is 14.2 Å². The van der Waals surface area contributed by atoms with Crippen LogP contribution in [0.25, 0.3) is 0 Å². The lowest BCUT2D eigenvalue weighted by molar-refractivity contribution is -0.152. The van der Waals surface area contributed by atoms with Gasteiger partial charge in [0.1, 0.15) is 0 Å². The summed E-state index contributed by atoms with van der Waals surface area (Å²) in [6.07, 6.45) is 9.92. The number of esters is 2. The van der Waals surface area contributed by atoms with Crippen molar-refractivity contribution in [2.45, 2.75) is 25.7 Å². The Morgan fingerprint density at radius 2 is 1.14 bits per heavy atom. The quantitative estimate of drug-likeness (QED) is 0.451. The van der Waals surface area contributed by atoms with E-state index in [1.807, 2.05) is 0 Å². The highest BCUT2D eigenvalue weighted by atomic mass is 16.6. The van der Waals surface area contributed by atoms with Crippen LogP contribution in [0.15, 0.2) is 24.3 Å². The van der Waals surface area contributed by atoms with E-state index < -0.39 is 11.9 Å². The minimum atomic E-state index is -0.608. The van der Waals surface area contributed by atoms with E-state index in [2.05, 4.69) is 0 Å². The van der Waals surface area contributed by atoms with Crippen molar-refractivity contribution in [2.24, 2.45) is 11.8 Å². The molecule has 0 aromatic heterocycles. The zero-order valence-corrected chi connectivity index (χ0v) is 12.2. The summed E-state index contributed by atoms with van der Waals surface area (Å²) in [6, 6.07) is 0. The molecule has 0 atom stereocenters. The maximum Gasteiger partial charge on any atom is 0.338 e. The number of carbonyl (C=O) groups is 2. The third-order valence-electron chi connectivity index (χ3n) is 3.74. The highest BCUT2D eigenvalue weighted by molar-refractivity contribution is 5.96. The first-order valence-corrected chi connectivity index (χ1v) is 7.51. The van der Waals surface area contributed by atoms with Crippen LogP contribution in [0.4, 0.5) is 0 Å². The lowest BCUT2D eigenvalue weighted by Gasteiger charge is -2.18. The second kappa shape index (κ2) is 8.74. The molecule has 0 radical (unpaired) electrons. The maximum atomic E-state index is 11.5. The van der Waals surface area contributed by atoms with Gasteiger partial charge in [-0.15, -0.1) is 0 Å². The number of allylic oxidation sites excluding steroid dienone is 2. The first-order chi connectivity index (χ1) is 10.2. The molecule has 2 saturated heterocycles. The van der Waals surface area contributed by atoms with Crippen LogP contribution in [0.1, 0.15) is 25.7 Å². The first kappa shape index (κ1) is 15.9. The molecule has 2 rings (SSSR count). The molecule has 0 aromatic carbocycles. The predicted octanol–water partition coefficient (Wildman–Crippen LogP) is 2.02. The lowest BCUT2D eigenvalue weighted by Crippen LogP contribution is -2.15. The smallest absolute Gasteiger partial charge is 0.338 e. The molecule has 0 amide bonds. The van der Waals surface area contributed by atoms with E-state index in [9.17, 15) is 9.59 Å². The highest BCUT2D eigenvalue weighted by Crippen LogP contribution is 2.16. The van der Waals surface area contributed by atoms with Gasteiger partial charge in [0.2, 0.25) is 0 Å². The monoisotopic (exact) mass is 294 g/mol. The second-order valence-corrected chi connectivity index (χ2v) is 5.36. The van der Waals surface area contributed by atoms with Gasteiger partial charge in [0.05, 0.1) is 0 Å². The van der Waals surface area contributed by atoms with E-state index in [1.54, 1.807) is 12.2 Å². The molecule has 2 heterocycles. The maximum absolute atomic E-state index is 11.5. The van der Waals surface area contributed by atoms with Gasteiger partial charge < -0.3 is 14.2 Å². The Balaban J connectivity index is 1.69. The van der Waals surface area contributed by atoms with Crippen LogP contribution >= 0.6 is 0 Å². The average molecular weight is 294 g/mol. The molecular formula is C16H22O5. The van der Waals surface area contributed by atoms with Crippen molar-refractivity contribution in [1.29, 1.82) is 0 Å². The Morgan fingerprint density at radius 1 is 0.762 bits per heavy atom. The molecule has 5 heteroatoms. The number of carbonyl (C=O) groups excluding carboxylic acids is 2. The topological polar surface area (TPSA) is 61.8 Å². The molecule has 2 fully saturated rings. The van der Waals surface area contributed by atoms with Crippen molar-refractivity contribution >= 4 is 11.9 Å². The standard InChI is InChI=1S/C16H22O5/c17-15(3-1-13-5-9-19-10-6-13)21-16(18)4-2-14-7-11-20-12-8-14/h1-4,13-14H,5-12H2/b3-1+,4-2+. The van der Waals surface area contributed by atoms with Crippen LogP contribution in [0.2, 0.25) is 0 Å². The van der Waals surface area contributed by atoms with Crippen LogP contribution in [0.5, 0.6) is 0 Å². The number of hydrogen-bond acceptors (Lipinski definition) is 5. The van der Waals surface area contributed by atoms with Crippen molar-refractivity contribution in [3.63, 3.8) is 0 Å². The SMILES string of the molecule is O=C(/C=C/C1CCOCC1)OC(=O)/C=C/C1CCOCC1. The molecule has 0 aromatic rings. The molecule has 0 unspecified atom stereocenters. The minimum Gasteiger partial charge on any atom is -0.387 e. The van der Waals surface area contributed by atoms with Crippen molar-refractivity contribution in [2.75, 3.05) is 26.4 Å². The summed E-state index contributed by atoms with van der Waals surface area (Å²) in [5.74, 6) is -0.551. The van der Waals surface area contributed by atoms with Gasteiger partial charge in [0, 0.05) is 38.6 Å².